The van der Waals surface area contributed by atoms with Gasteiger partial charge in [0.05, 0.1) is 10.5 Å². The highest BCUT2D eigenvalue weighted by Gasteiger charge is 2.22. The number of hydrogen-bond acceptors (Lipinski definition) is 6. The maximum atomic E-state index is 12.5. The fraction of sp³-hybridized carbons (Fsp3) is 0.100. The molecule has 3 aromatic carbocycles. The van der Waals surface area contributed by atoms with Gasteiger partial charge in [0.25, 0.3) is 11.6 Å². The molecule has 1 amide bonds. The molecule has 0 bridgehead atoms. The van der Waals surface area contributed by atoms with Crippen LogP contribution in [0.5, 0.6) is 0 Å². The van der Waals surface area contributed by atoms with Crippen LogP contribution in [0.2, 0.25) is 0 Å². The number of anilines is 2. The smallest absolute Gasteiger partial charge is 0.341 e. The van der Waals surface area contributed by atoms with Crippen molar-refractivity contribution in [3.8, 4) is 0 Å². The zero-order chi connectivity index (χ0) is 20.3. The average Bonchev–Trinajstić information content (AvgIpc) is 2.68. The van der Waals surface area contributed by atoms with Crippen molar-refractivity contribution in [3.63, 3.8) is 0 Å². The van der Waals surface area contributed by atoms with Crippen LogP contribution in [0.3, 0.4) is 0 Å². The van der Waals surface area contributed by atoms with E-state index in [-0.39, 0.29) is 16.9 Å². The van der Waals surface area contributed by atoms with Gasteiger partial charge in [-0.2, -0.15) is 0 Å². The van der Waals surface area contributed by atoms with Crippen molar-refractivity contribution in [2.45, 2.75) is 13.0 Å². The number of amides is 1. The van der Waals surface area contributed by atoms with E-state index in [1.54, 1.807) is 12.1 Å². The molecular formula is C20H17N3O5. The first-order valence-electron chi connectivity index (χ1n) is 8.40. The first-order valence-corrected chi connectivity index (χ1v) is 8.40. The minimum Gasteiger partial charge on any atom is -0.449 e. The number of fused-ring (bicyclic) bond motifs is 1. The Hall–Kier alpha value is -3.94. The summed E-state index contributed by atoms with van der Waals surface area (Å²) in [5, 5.41) is 15.4. The topological polar surface area (TPSA) is 125 Å². The molecule has 3 aromatic rings. The highest BCUT2D eigenvalue weighted by atomic mass is 16.6. The third-order valence-corrected chi connectivity index (χ3v) is 4.17. The molecule has 0 spiro atoms. The lowest BCUT2D eigenvalue weighted by atomic mass is 10.1. The van der Waals surface area contributed by atoms with Crippen LogP contribution in [-0.2, 0) is 9.53 Å². The van der Waals surface area contributed by atoms with E-state index >= 15 is 0 Å². The SMILES string of the molecule is CC(OC(=O)c1cc([N+](=O)[O-])ccc1N)C(=O)Nc1cccc2ccccc12. The number of esters is 1. The van der Waals surface area contributed by atoms with E-state index in [4.69, 9.17) is 10.5 Å². The van der Waals surface area contributed by atoms with Crippen molar-refractivity contribution in [3.05, 3.63) is 76.3 Å². The van der Waals surface area contributed by atoms with E-state index in [9.17, 15) is 19.7 Å². The largest absolute Gasteiger partial charge is 0.449 e. The summed E-state index contributed by atoms with van der Waals surface area (Å²) in [4.78, 5) is 35.0. The number of non-ortho nitro benzene ring substituents is 1. The summed E-state index contributed by atoms with van der Waals surface area (Å²) in [6.07, 6.45) is -1.13. The van der Waals surface area contributed by atoms with Crippen molar-refractivity contribution in [1.82, 2.24) is 0 Å². The van der Waals surface area contributed by atoms with Crippen LogP contribution in [0, 0.1) is 10.1 Å². The summed E-state index contributed by atoms with van der Waals surface area (Å²) in [5.74, 6) is -1.45. The Labute approximate surface area is 160 Å². The Kier molecular flexibility index (Phi) is 5.21. The summed E-state index contributed by atoms with van der Waals surface area (Å²) in [7, 11) is 0. The molecule has 3 N–H and O–H groups in total. The number of benzene rings is 3. The zero-order valence-electron chi connectivity index (χ0n) is 14.9. The minimum atomic E-state index is -1.13. The van der Waals surface area contributed by atoms with Gasteiger partial charge in [0, 0.05) is 28.9 Å². The molecule has 0 aromatic heterocycles. The van der Waals surface area contributed by atoms with Gasteiger partial charge in [-0.25, -0.2) is 4.79 Å². The minimum absolute atomic E-state index is 0.0252. The molecule has 0 saturated carbocycles. The summed E-state index contributed by atoms with van der Waals surface area (Å²) in [6, 6.07) is 16.4. The average molecular weight is 379 g/mol. The van der Waals surface area contributed by atoms with E-state index < -0.39 is 22.9 Å². The van der Waals surface area contributed by atoms with Crippen molar-refractivity contribution in [2.75, 3.05) is 11.1 Å². The second-order valence-electron chi connectivity index (χ2n) is 6.09. The third kappa shape index (κ3) is 3.90. The number of carbonyl (C=O) groups is 2. The Morgan fingerprint density at radius 2 is 1.82 bits per heavy atom. The first-order chi connectivity index (χ1) is 13.4. The van der Waals surface area contributed by atoms with Crippen LogP contribution < -0.4 is 11.1 Å². The molecule has 0 aliphatic carbocycles. The predicted molar refractivity (Wildman–Crippen MR) is 105 cm³/mol. The number of rotatable bonds is 5. The van der Waals surface area contributed by atoms with Crippen molar-refractivity contribution < 1.29 is 19.2 Å². The zero-order valence-corrected chi connectivity index (χ0v) is 14.9. The predicted octanol–water partition coefficient (Wildman–Crippen LogP) is 3.51. The third-order valence-electron chi connectivity index (χ3n) is 4.17. The molecule has 28 heavy (non-hydrogen) atoms. The van der Waals surface area contributed by atoms with Crippen molar-refractivity contribution >= 4 is 39.7 Å². The van der Waals surface area contributed by atoms with Gasteiger partial charge in [-0.05, 0) is 24.4 Å². The van der Waals surface area contributed by atoms with Gasteiger partial charge in [0.1, 0.15) is 0 Å². The van der Waals surface area contributed by atoms with Gasteiger partial charge in [-0.1, -0.05) is 36.4 Å². The highest BCUT2D eigenvalue weighted by molar-refractivity contribution is 6.04. The van der Waals surface area contributed by atoms with Gasteiger partial charge in [-0.15, -0.1) is 0 Å². The first kappa shape index (κ1) is 18.8. The number of nitrogens with two attached hydrogens (primary N) is 1. The Morgan fingerprint density at radius 3 is 2.57 bits per heavy atom. The molecule has 8 nitrogen and oxygen atoms in total. The molecule has 142 valence electrons. The van der Waals surface area contributed by atoms with E-state index in [1.165, 1.54) is 19.1 Å². The fourth-order valence-electron chi connectivity index (χ4n) is 2.68. The lowest BCUT2D eigenvalue weighted by Gasteiger charge is -2.15. The molecule has 0 saturated heterocycles. The van der Waals surface area contributed by atoms with Crippen LogP contribution >= 0.6 is 0 Å². The molecule has 0 heterocycles. The van der Waals surface area contributed by atoms with Crippen LogP contribution in [-0.4, -0.2) is 22.9 Å². The highest BCUT2D eigenvalue weighted by Crippen LogP contribution is 2.24. The Balaban J connectivity index is 1.75. The van der Waals surface area contributed by atoms with Gasteiger partial charge in [0.15, 0.2) is 6.10 Å². The number of nitrogens with one attached hydrogen (secondary N) is 1. The fourth-order valence-corrected chi connectivity index (χ4v) is 2.68. The van der Waals surface area contributed by atoms with E-state index in [2.05, 4.69) is 5.32 Å². The molecule has 8 heteroatoms. The quantitative estimate of drug-likeness (QED) is 0.302. The standard InChI is InChI=1S/C20H17N3O5/c1-12(28-20(25)16-11-14(23(26)27)9-10-17(16)21)19(24)22-18-8-4-6-13-5-2-3-7-15(13)18/h2-12H,21H2,1H3,(H,22,24). The number of nitrogens with zero attached hydrogens (tertiary/aromatic N) is 1. The molecule has 3 rings (SSSR count). The number of nitrogen functional groups attached to an aromatic ring is 1. The number of nitro groups is 1. The number of carbonyl (C=O) groups excluding carboxylic acids is 2. The van der Waals surface area contributed by atoms with E-state index in [0.717, 1.165) is 16.8 Å². The van der Waals surface area contributed by atoms with E-state index in [0.29, 0.717) is 5.69 Å². The summed E-state index contributed by atoms with van der Waals surface area (Å²) < 4.78 is 5.14. The van der Waals surface area contributed by atoms with Gasteiger partial charge >= 0.3 is 5.97 Å². The van der Waals surface area contributed by atoms with E-state index in [1.807, 2.05) is 30.3 Å². The second kappa shape index (κ2) is 7.75. The molecule has 1 atom stereocenters. The Bertz CT molecular complexity index is 1080. The number of ether oxygens (including phenoxy) is 1. The number of nitro benzene ring substituents is 1. The van der Waals surface area contributed by atoms with Crippen LogP contribution in [0.25, 0.3) is 10.8 Å². The summed E-state index contributed by atoms with van der Waals surface area (Å²) in [6.45, 7) is 1.41. The maximum Gasteiger partial charge on any atom is 0.341 e. The second-order valence-corrected chi connectivity index (χ2v) is 6.09. The molecule has 0 aliphatic rings. The van der Waals surface area contributed by atoms with Crippen LogP contribution in [0.1, 0.15) is 17.3 Å². The summed E-state index contributed by atoms with van der Waals surface area (Å²) in [5.41, 5.74) is 5.85. The van der Waals surface area contributed by atoms with Gasteiger partial charge in [0.2, 0.25) is 0 Å². The monoisotopic (exact) mass is 379 g/mol. The summed E-state index contributed by atoms with van der Waals surface area (Å²) >= 11 is 0. The molecule has 1 unspecified atom stereocenters. The molecule has 0 aliphatic heterocycles. The van der Waals surface area contributed by atoms with Crippen molar-refractivity contribution in [1.29, 1.82) is 0 Å². The lowest BCUT2D eigenvalue weighted by molar-refractivity contribution is -0.384. The number of hydrogen-bond donors (Lipinski definition) is 2. The van der Waals surface area contributed by atoms with Crippen molar-refractivity contribution in [2.24, 2.45) is 0 Å². The molecule has 0 fully saturated rings. The molecule has 0 radical (unpaired) electrons. The van der Waals surface area contributed by atoms with Crippen LogP contribution in [0.4, 0.5) is 17.1 Å². The maximum absolute atomic E-state index is 12.5. The lowest BCUT2D eigenvalue weighted by Crippen LogP contribution is -2.30. The molecular weight excluding hydrogens is 362 g/mol. The Morgan fingerprint density at radius 1 is 1.11 bits per heavy atom. The van der Waals surface area contributed by atoms with Gasteiger partial charge < -0.3 is 15.8 Å². The van der Waals surface area contributed by atoms with Crippen LogP contribution in [0.15, 0.2) is 60.7 Å². The van der Waals surface area contributed by atoms with Gasteiger partial charge in [-0.3, -0.25) is 14.9 Å². The normalized spacial score (nSPS) is 11.6.